The van der Waals surface area contributed by atoms with E-state index in [4.69, 9.17) is 5.11 Å². The minimum absolute atomic E-state index is 0.115. The van der Waals surface area contributed by atoms with Gasteiger partial charge in [-0.25, -0.2) is 0 Å². The SMILES string of the molecule is CC(=O)SCCC#Cc1ccc(CCC(=O)O)cc1. The van der Waals surface area contributed by atoms with Crippen LogP contribution in [0.25, 0.3) is 0 Å². The summed E-state index contributed by atoms with van der Waals surface area (Å²) in [5, 5.41) is 8.70. The summed E-state index contributed by atoms with van der Waals surface area (Å²) in [4.78, 5) is 21.1. The summed E-state index contributed by atoms with van der Waals surface area (Å²) < 4.78 is 0. The molecular weight excluding hydrogens is 260 g/mol. The fourth-order valence-electron chi connectivity index (χ4n) is 1.42. The first kappa shape index (κ1) is 15.3. The quantitative estimate of drug-likeness (QED) is 0.663. The minimum atomic E-state index is -0.785. The molecule has 0 saturated carbocycles. The van der Waals surface area contributed by atoms with Crippen molar-refractivity contribution >= 4 is 22.8 Å². The van der Waals surface area contributed by atoms with Gasteiger partial charge < -0.3 is 5.11 Å². The lowest BCUT2D eigenvalue weighted by molar-refractivity contribution is -0.137. The zero-order chi connectivity index (χ0) is 14.1. The highest BCUT2D eigenvalue weighted by Gasteiger charge is 1.98. The van der Waals surface area contributed by atoms with Gasteiger partial charge in [-0.2, -0.15) is 0 Å². The second-order valence-corrected chi connectivity index (χ2v) is 5.25. The Balaban J connectivity index is 2.41. The molecule has 3 nitrogen and oxygen atoms in total. The molecule has 0 aromatic heterocycles. The van der Waals surface area contributed by atoms with Crippen LogP contribution in [-0.2, 0) is 16.0 Å². The van der Waals surface area contributed by atoms with Gasteiger partial charge in [-0.3, -0.25) is 9.59 Å². The van der Waals surface area contributed by atoms with Crippen molar-refractivity contribution in [2.75, 3.05) is 5.75 Å². The van der Waals surface area contributed by atoms with Crippen LogP contribution in [0, 0.1) is 11.8 Å². The van der Waals surface area contributed by atoms with Crippen LogP contribution in [0.15, 0.2) is 24.3 Å². The van der Waals surface area contributed by atoms with Gasteiger partial charge in [0.2, 0.25) is 0 Å². The Labute approximate surface area is 117 Å². The Hall–Kier alpha value is -1.73. The number of carbonyl (C=O) groups excluding carboxylic acids is 1. The van der Waals surface area contributed by atoms with Gasteiger partial charge in [-0.15, -0.1) is 0 Å². The van der Waals surface area contributed by atoms with Crippen LogP contribution < -0.4 is 0 Å². The fraction of sp³-hybridized carbons (Fsp3) is 0.333. The van der Waals surface area contributed by atoms with E-state index in [-0.39, 0.29) is 11.5 Å². The molecule has 0 unspecified atom stereocenters. The van der Waals surface area contributed by atoms with Crippen molar-refractivity contribution in [1.82, 2.24) is 0 Å². The number of carboxylic acid groups (broad SMARTS) is 1. The molecule has 1 rings (SSSR count). The molecule has 1 aromatic carbocycles. The van der Waals surface area contributed by atoms with Gasteiger partial charge in [0.1, 0.15) is 0 Å². The molecule has 100 valence electrons. The molecule has 19 heavy (non-hydrogen) atoms. The zero-order valence-electron chi connectivity index (χ0n) is 10.8. The molecule has 0 aliphatic rings. The zero-order valence-corrected chi connectivity index (χ0v) is 11.6. The molecule has 0 fully saturated rings. The second-order valence-electron chi connectivity index (χ2n) is 3.98. The fourth-order valence-corrected chi connectivity index (χ4v) is 1.91. The average molecular weight is 276 g/mol. The van der Waals surface area contributed by atoms with Crippen LogP contribution in [-0.4, -0.2) is 21.9 Å². The van der Waals surface area contributed by atoms with E-state index in [1.54, 1.807) is 6.92 Å². The summed E-state index contributed by atoms with van der Waals surface area (Å²) in [5.41, 5.74) is 1.91. The summed E-state index contributed by atoms with van der Waals surface area (Å²) in [6.07, 6.45) is 1.37. The highest BCUT2D eigenvalue weighted by molar-refractivity contribution is 8.13. The smallest absolute Gasteiger partial charge is 0.303 e. The normalized spacial score (nSPS) is 9.53. The highest BCUT2D eigenvalue weighted by atomic mass is 32.2. The standard InChI is InChI=1S/C15H16O3S/c1-12(16)19-11-3-2-4-13-5-7-14(8-6-13)9-10-15(17)18/h5-8H,3,9-11H2,1H3,(H,17,18). The molecule has 0 aliphatic heterocycles. The molecule has 0 bridgehead atoms. The van der Waals surface area contributed by atoms with Crippen molar-refractivity contribution in [3.8, 4) is 11.8 Å². The predicted molar refractivity (Wildman–Crippen MR) is 77.0 cm³/mol. The maximum absolute atomic E-state index is 10.7. The van der Waals surface area contributed by atoms with Gasteiger partial charge in [0.25, 0.3) is 0 Å². The maximum atomic E-state index is 10.7. The van der Waals surface area contributed by atoms with Crippen LogP contribution in [0.4, 0.5) is 0 Å². The number of carbonyl (C=O) groups is 2. The summed E-state index contributed by atoms with van der Waals surface area (Å²) in [6.45, 7) is 1.55. The van der Waals surface area contributed by atoms with Gasteiger partial charge in [-0.05, 0) is 24.1 Å². The van der Waals surface area contributed by atoms with Gasteiger partial charge in [-0.1, -0.05) is 35.7 Å². The molecule has 0 radical (unpaired) electrons. The molecule has 1 N–H and O–H groups in total. The topological polar surface area (TPSA) is 54.4 Å². The number of rotatable bonds is 5. The molecule has 1 aromatic rings. The third kappa shape index (κ3) is 7.32. The Morgan fingerprint density at radius 2 is 1.95 bits per heavy atom. The van der Waals surface area contributed by atoms with Crippen LogP contribution in [0.5, 0.6) is 0 Å². The van der Waals surface area contributed by atoms with E-state index in [1.165, 1.54) is 11.8 Å². The van der Waals surface area contributed by atoms with Crippen LogP contribution in [0.1, 0.15) is 30.9 Å². The Morgan fingerprint density at radius 1 is 1.26 bits per heavy atom. The maximum Gasteiger partial charge on any atom is 0.303 e. The summed E-state index contributed by atoms with van der Waals surface area (Å²) >= 11 is 1.28. The number of aryl methyl sites for hydroxylation is 1. The molecule has 0 atom stereocenters. The average Bonchev–Trinajstić information content (AvgIpc) is 2.37. The number of thioether (sulfide) groups is 1. The van der Waals surface area contributed by atoms with Crippen molar-refractivity contribution in [2.45, 2.75) is 26.2 Å². The van der Waals surface area contributed by atoms with Crippen LogP contribution in [0.2, 0.25) is 0 Å². The number of carboxylic acids is 1. The van der Waals surface area contributed by atoms with Gasteiger partial charge >= 0.3 is 5.97 Å². The van der Waals surface area contributed by atoms with Gasteiger partial charge in [0.15, 0.2) is 5.12 Å². The van der Waals surface area contributed by atoms with Crippen LogP contribution >= 0.6 is 11.8 Å². The van der Waals surface area contributed by atoms with Crippen LogP contribution in [0.3, 0.4) is 0 Å². The number of hydrogen-bond donors (Lipinski definition) is 1. The number of benzene rings is 1. The van der Waals surface area contributed by atoms with Crippen molar-refractivity contribution in [2.24, 2.45) is 0 Å². The Bertz CT molecular complexity index is 494. The lowest BCUT2D eigenvalue weighted by Crippen LogP contribution is -1.97. The van der Waals surface area contributed by atoms with Gasteiger partial charge in [0.05, 0.1) is 0 Å². The van der Waals surface area contributed by atoms with Gasteiger partial charge in [0, 0.05) is 31.1 Å². The molecule has 4 heteroatoms. The first-order valence-electron chi connectivity index (χ1n) is 6.01. The molecule has 0 saturated heterocycles. The Morgan fingerprint density at radius 3 is 2.53 bits per heavy atom. The molecule has 0 amide bonds. The van der Waals surface area contributed by atoms with E-state index in [2.05, 4.69) is 11.8 Å². The monoisotopic (exact) mass is 276 g/mol. The Kier molecular flexibility index (Phi) is 6.76. The molecular formula is C15H16O3S. The third-order valence-corrected chi connectivity index (χ3v) is 3.16. The van der Waals surface area contributed by atoms with Crippen molar-refractivity contribution in [3.63, 3.8) is 0 Å². The van der Waals surface area contributed by atoms with E-state index >= 15 is 0 Å². The van der Waals surface area contributed by atoms with Crippen molar-refractivity contribution in [3.05, 3.63) is 35.4 Å². The molecule has 0 aliphatic carbocycles. The number of aliphatic carboxylic acids is 1. The first-order chi connectivity index (χ1) is 9.08. The third-order valence-electron chi connectivity index (χ3n) is 2.35. The summed E-state index contributed by atoms with van der Waals surface area (Å²) in [6, 6.07) is 7.58. The van der Waals surface area contributed by atoms with E-state index in [9.17, 15) is 9.59 Å². The summed E-state index contributed by atoms with van der Waals surface area (Å²) in [7, 11) is 0. The number of hydrogen-bond acceptors (Lipinski definition) is 3. The highest BCUT2D eigenvalue weighted by Crippen LogP contribution is 2.06. The van der Waals surface area contributed by atoms with Crippen molar-refractivity contribution in [1.29, 1.82) is 0 Å². The second kappa shape index (κ2) is 8.39. The molecule has 0 heterocycles. The predicted octanol–water partition coefficient (Wildman–Crippen LogP) is 2.73. The van der Waals surface area contributed by atoms with Crippen molar-refractivity contribution < 1.29 is 14.7 Å². The lowest BCUT2D eigenvalue weighted by Gasteiger charge is -1.98. The van der Waals surface area contributed by atoms with E-state index in [0.717, 1.165) is 16.9 Å². The largest absolute Gasteiger partial charge is 0.481 e. The minimum Gasteiger partial charge on any atom is -0.481 e. The van der Waals surface area contributed by atoms with E-state index in [0.29, 0.717) is 12.8 Å². The lowest BCUT2D eigenvalue weighted by atomic mass is 10.1. The van der Waals surface area contributed by atoms with E-state index < -0.39 is 5.97 Å². The van der Waals surface area contributed by atoms with E-state index in [1.807, 2.05) is 24.3 Å². The molecule has 0 spiro atoms. The first-order valence-corrected chi connectivity index (χ1v) is 6.99. The summed E-state index contributed by atoms with van der Waals surface area (Å²) in [5.74, 6) is 5.96.